The van der Waals surface area contributed by atoms with Crippen molar-refractivity contribution >= 4 is 5.82 Å². The van der Waals surface area contributed by atoms with Crippen LogP contribution in [0, 0.1) is 0 Å². The van der Waals surface area contributed by atoms with E-state index in [2.05, 4.69) is 37.1 Å². The molecule has 1 saturated carbocycles. The van der Waals surface area contributed by atoms with Crippen LogP contribution in [0.1, 0.15) is 45.6 Å². The standard InChI is InChI=1S/C13H20N2/c1-13(2,3)11-8-5-9-14-12(11)15-10-6-4-7-10/h5,8-10H,4,6-7H2,1-3H3,(H,14,15). The van der Waals surface area contributed by atoms with Crippen LogP contribution < -0.4 is 5.32 Å². The molecule has 0 bridgehead atoms. The third kappa shape index (κ3) is 2.31. The van der Waals surface area contributed by atoms with Crippen LogP contribution in [0.5, 0.6) is 0 Å². The molecule has 1 aliphatic carbocycles. The summed E-state index contributed by atoms with van der Waals surface area (Å²) in [6.07, 6.45) is 5.81. The predicted octanol–water partition coefficient (Wildman–Crippen LogP) is 3.34. The van der Waals surface area contributed by atoms with Gasteiger partial charge in [0, 0.05) is 12.2 Å². The van der Waals surface area contributed by atoms with Crippen molar-refractivity contribution in [2.24, 2.45) is 0 Å². The van der Waals surface area contributed by atoms with Gasteiger partial charge in [0.25, 0.3) is 0 Å². The Kier molecular flexibility index (Phi) is 2.68. The zero-order chi connectivity index (χ0) is 10.9. The number of rotatable bonds is 2. The van der Waals surface area contributed by atoms with Gasteiger partial charge in [0.2, 0.25) is 0 Å². The molecule has 0 unspecified atom stereocenters. The molecule has 0 spiro atoms. The molecule has 0 atom stereocenters. The zero-order valence-corrected chi connectivity index (χ0v) is 9.88. The highest BCUT2D eigenvalue weighted by Gasteiger charge is 2.22. The van der Waals surface area contributed by atoms with E-state index in [0.717, 1.165) is 5.82 Å². The molecule has 1 aromatic rings. The highest BCUT2D eigenvalue weighted by atomic mass is 15.0. The molecule has 15 heavy (non-hydrogen) atoms. The summed E-state index contributed by atoms with van der Waals surface area (Å²) in [7, 11) is 0. The van der Waals surface area contributed by atoms with Crippen LogP contribution in [-0.4, -0.2) is 11.0 Å². The summed E-state index contributed by atoms with van der Waals surface area (Å²) in [6.45, 7) is 6.70. The Hall–Kier alpha value is -1.05. The van der Waals surface area contributed by atoms with E-state index in [-0.39, 0.29) is 5.41 Å². The van der Waals surface area contributed by atoms with Crippen molar-refractivity contribution in [3.63, 3.8) is 0 Å². The molecule has 1 heterocycles. The van der Waals surface area contributed by atoms with Crippen LogP contribution in [0.3, 0.4) is 0 Å². The summed E-state index contributed by atoms with van der Waals surface area (Å²) >= 11 is 0. The molecular weight excluding hydrogens is 184 g/mol. The molecule has 2 nitrogen and oxygen atoms in total. The largest absolute Gasteiger partial charge is 0.367 e. The van der Waals surface area contributed by atoms with Crippen molar-refractivity contribution in [3.05, 3.63) is 23.9 Å². The number of hydrogen-bond donors (Lipinski definition) is 1. The van der Waals surface area contributed by atoms with Crippen molar-refractivity contribution in [2.45, 2.75) is 51.5 Å². The van der Waals surface area contributed by atoms with E-state index < -0.39 is 0 Å². The van der Waals surface area contributed by atoms with Crippen LogP contribution >= 0.6 is 0 Å². The molecule has 0 saturated heterocycles. The lowest BCUT2D eigenvalue weighted by molar-refractivity contribution is 0.442. The smallest absolute Gasteiger partial charge is 0.129 e. The minimum absolute atomic E-state index is 0.167. The fourth-order valence-electron chi connectivity index (χ4n) is 1.87. The third-order valence-electron chi connectivity index (χ3n) is 3.06. The lowest BCUT2D eigenvalue weighted by Crippen LogP contribution is -2.29. The second-order valence-corrected chi connectivity index (χ2v) is 5.42. The maximum Gasteiger partial charge on any atom is 0.129 e. The minimum Gasteiger partial charge on any atom is -0.367 e. The predicted molar refractivity (Wildman–Crippen MR) is 64.2 cm³/mol. The van der Waals surface area contributed by atoms with E-state index in [9.17, 15) is 0 Å². The first-order valence-corrected chi connectivity index (χ1v) is 5.79. The summed E-state index contributed by atoms with van der Waals surface area (Å²) in [4.78, 5) is 4.46. The second kappa shape index (κ2) is 3.84. The lowest BCUT2D eigenvalue weighted by Gasteiger charge is -2.30. The minimum atomic E-state index is 0.167. The molecule has 1 aromatic heterocycles. The van der Waals surface area contributed by atoms with Gasteiger partial charge in [-0.25, -0.2) is 4.98 Å². The van der Waals surface area contributed by atoms with Crippen molar-refractivity contribution in [3.8, 4) is 0 Å². The molecule has 1 fully saturated rings. The molecule has 1 N–H and O–H groups in total. The summed E-state index contributed by atoms with van der Waals surface area (Å²) in [5.41, 5.74) is 1.48. The highest BCUT2D eigenvalue weighted by Crippen LogP contribution is 2.30. The van der Waals surface area contributed by atoms with Gasteiger partial charge < -0.3 is 5.32 Å². The first-order valence-electron chi connectivity index (χ1n) is 5.79. The van der Waals surface area contributed by atoms with E-state index in [1.165, 1.54) is 24.8 Å². The Morgan fingerprint density at radius 2 is 2.07 bits per heavy atom. The molecule has 0 aromatic carbocycles. The first kappa shape index (κ1) is 10.5. The molecule has 1 aliphatic rings. The highest BCUT2D eigenvalue weighted by molar-refractivity contribution is 5.48. The maximum atomic E-state index is 4.46. The van der Waals surface area contributed by atoms with Gasteiger partial charge in [0.15, 0.2) is 0 Å². The molecule has 2 rings (SSSR count). The molecule has 0 radical (unpaired) electrons. The Balaban J connectivity index is 2.21. The van der Waals surface area contributed by atoms with Crippen LogP contribution in [-0.2, 0) is 5.41 Å². The normalized spacial score (nSPS) is 17.3. The van der Waals surface area contributed by atoms with Crippen LogP contribution in [0.4, 0.5) is 5.82 Å². The summed E-state index contributed by atoms with van der Waals surface area (Å²) in [5.74, 6) is 1.08. The molecule has 2 heteroatoms. The Bertz CT molecular complexity index is 335. The van der Waals surface area contributed by atoms with E-state index >= 15 is 0 Å². The Morgan fingerprint density at radius 1 is 1.33 bits per heavy atom. The van der Waals surface area contributed by atoms with E-state index in [1.54, 1.807) is 0 Å². The van der Waals surface area contributed by atoms with Gasteiger partial charge in [-0.2, -0.15) is 0 Å². The van der Waals surface area contributed by atoms with Gasteiger partial charge >= 0.3 is 0 Å². The van der Waals surface area contributed by atoms with Gasteiger partial charge in [-0.15, -0.1) is 0 Å². The van der Waals surface area contributed by atoms with Crippen molar-refractivity contribution in [2.75, 3.05) is 5.32 Å². The number of aromatic nitrogens is 1. The van der Waals surface area contributed by atoms with E-state index in [1.807, 2.05) is 12.3 Å². The number of anilines is 1. The fraction of sp³-hybridized carbons (Fsp3) is 0.615. The average molecular weight is 204 g/mol. The topological polar surface area (TPSA) is 24.9 Å². The Labute approximate surface area is 92.1 Å². The number of nitrogens with zero attached hydrogens (tertiary/aromatic N) is 1. The van der Waals surface area contributed by atoms with Crippen LogP contribution in [0.25, 0.3) is 0 Å². The second-order valence-electron chi connectivity index (χ2n) is 5.42. The summed E-state index contributed by atoms with van der Waals surface area (Å²) < 4.78 is 0. The van der Waals surface area contributed by atoms with Gasteiger partial charge in [-0.05, 0) is 36.3 Å². The molecule has 0 aliphatic heterocycles. The third-order valence-corrected chi connectivity index (χ3v) is 3.06. The SMILES string of the molecule is CC(C)(C)c1cccnc1NC1CCC1. The lowest BCUT2D eigenvalue weighted by atomic mass is 9.86. The van der Waals surface area contributed by atoms with Gasteiger partial charge in [0.05, 0.1) is 0 Å². The average Bonchev–Trinajstić information content (AvgIpc) is 2.10. The van der Waals surface area contributed by atoms with Crippen LogP contribution in [0.15, 0.2) is 18.3 Å². The first-order chi connectivity index (χ1) is 7.07. The van der Waals surface area contributed by atoms with Gasteiger partial charge in [-0.1, -0.05) is 26.8 Å². The van der Waals surface area contributed by atoms with E-state index in [4.69, 9.17) is 0 Å². The van der Waals surface area contributed by atoms with Crippen LogP contribution in [0.2, 0.25) is 0 Å². The zero-order valence-electron chi connectivity index (χ0n) is 9.88. The van der Waals surface area contributed by atoms with E-state index in [0.29, 0.717) is 6.04 Å². The summed E-state index contributed by atoms with van der Waals surface area (Å²) in [5, 5.41) is 3.54. The van der Waals surface area contributed by atoms with Gasteiger partial charge in [0.1, 0.15) is 5.82 Å². The Morgan fingerprint density at radius 3 is 2.60 bits per heavy atom. The number of hydrogen-bond acceptors (Lipinski definition) is 2. The number of pyridine rings is 1. The monoisotopic (exact) mass is 204 g/mol. The number of nitrogens with one attached hydrogen (secondary N) is 1. The maximum absolute atomic E-state index is 4.46. The quantitative estimate of drug-likeness (QED) is 0.799. The van der Waals surface area contributed by atoms with Crippen molar-refractivity contribution in [1.29, 1.82) is 0 Å². The molecular formula is C13H20N2. The fourth-order valence-corrected chi connectivity index (χ4v) is 1.87. The molecule has 0 amide bonds. The van der Waals surface area contributed by atoms with Crippen molar-refractivity contribution < 1.29 is 0 Å². The van der Waals surface area contributed by atoms with Crippen molar-refractivity contribution in [1.82, 2.24) is 4.98 Å². The molecule has 82 valence electrons. The summed E-state index contributed by atoms with van der Waals surface area (Å²) in [6, 6.07) is 4.85. The van der Waals surface area contributed by atoms with Gasteiger partial charge in [-0.3, -0.25) is 0 Å².